The van der Waals surface area contributed by atoms with Gasteiger partial charge in [0, 0.05) is 5.92 Å². The largest absolute Gasteiger partial charge is 0.300 e. The molecule has 3 aromatic carbocycles. The van der Waals surface area contributed by atoms with Gasteiger partial charge < -0.3 is 0 Å². The van der Waals surface area contributed by atoms with E-state index in [-0.39, 0.29) is 11.7 Å². The Balaban J connectivity index is 2.29. The number of carbonyl (C=O) groups excluding carboxylic acids is 1. The molecule has 1 nitrogen and oxygen atoms in total. The third-order valence-electron chi connectivity index (χ3n) is 4.83. The Morgan fingerprint density at radius 3 is 1.32 bits per heavy atom. The second-order valence-corrected chi connectivity index (χ2v) is 10.0. The molecule has 2 heteroatoms. The van der Waals surface area contributed by atoms with E-state index in [1.807, 2.05) is 0 Å². The van der Waals surface area contributed by atoms with Crippen LogP contribution in [0.4, 0.5) is 0 Å². The minimum absolute atomic E-state index is 0.0222. The van der Waals surface area contributed by atoms with Crippen molar-refractivity contribution in [2.24, 2.45) is 5.92 Å². The van der Waals surface area contributed by atoms with Crippen LogP contribution in [0.25, 0.3) is 0 Å². The van der Waals surface area contributed by atoms with Crippen LogP contribution in [0, 0.1) is 5.92 Å². The summed E-state index contributed by atoms with van der Waals surface area (Å²) < 4.78 is 0. The molecule has 0 aliphatic rings. The first-order valence-corrected chi connectivity index (χ1v) is 10.7. The van der Waals surface area contributed by atoms with Crippen LogP contribution in [0.5, 0.6) is 0 Å². The van der Waals surface area contributed by atoms with Crippen molar-refractivity contribution in [1.82, 2.24) is 0 Å². The second-order valence-electron chi connectivity index (χ2n) is 6.51. The van der Waals surface area contributed by atoms with Crippen LogP contribution in [0.3, 0.4) is 0 Å². The minimum atomic E-state index is -1.88. The summed E-state index contributed by atoms with van der Waals surface area (Å²) in [6, 6.07) is 32.1. The summed E-state index contributed by atoms with van der Waals surface area (Å²) in [5, 5.41) is 4.00. The third-order valence-corrected chi connectivity index (χ3v) is 9.47. The molecule has 0 fully saturated rings. The molecule has 0 spiro atoms. The minimum Gasteiger partial charge on any atom is -0.300 e. The molecule has 0 saturated heterocycles. The molecule has 0 bridgehead atoms. The van der Waals surface area contributed by atoms with Gasteiger partial charge >= 0.3 is 0 Å². The summed E-state index contributed by atoms with van der Waals surface area (Å²) in [6.45, 7) is 3.77. The summed E-state index contributed by atoms with van der Waals surface area (Å²) in [4.78, 5) is 12.1. The zero-order valence-corrected chi connectivity index (χ0v) is 15.7. The quantitative estimate of drug-likeness (QED) is 0.611. The molecule has 0 aliphatic heterocycles. The van der Waals surface area contributed by atoms with Gasteiger partial charge in [-0.2, -0.15) is 0 Å². The molecule has 25 heavy (non-hydrogen) atoms. The van der Waals surface area contributed by atoms with Crippen molar-refractivity contribution >= 4 is 29.0 Å². The van der Waals surface area contributed by atoms with Gasteiger partial charge in [0.25, 0.3) is 0 Å². The normalized spacial score (nSPS) is 12.6. The zero-order chi connectivity index (χ0) is 17.7. The van der Waals surface area contributed by atoms with E-state index in [0.717, 1.165) is 6.16 Å². The van der Waals surface area contributed by atoms with Crippen LogP contribution in [-0.4, -0.2) is 11.9 Å². The van der Waals surface area contributed by atoms with Crippen molar-refractivity contribution in [2.75, 3.05) is 6.16 Å². The fourth-order valence-electron chi connectivity index (χ4n) is 3.35. The number of benzene rings is 3. The molecule has 0 aliphatic carbocycles. The predicted octanol–water partition coefficient (Wildman–Crippen LogP) is 4.21. The van der Waals surface area contributed by atoms with E-state index in [0.29, 0.717) is 0 Å². The van der Waals surface area contributed by atoms with Crippen LogP contribution < -0.4 is 15.9 Å². The van der Waals surface area contributed by atoms with E-state index >= 15 is 0 Å². The van der Waals surface area contributed by atoms with Crippen LogP contribution >= 0.6 is 7.26 Å². The molecular weight excluding hydrogens is 323 g/mol. The fourth-order valence-corrected chi connectivity index (χ4v) is 8.00. The third kappa shape index (κ3) is 3.57. The molecule has 0 N–H and O–H groups in total. The Bertz CT molecular complexity index is 716. The number of carbonyl (C=O) groups is 1. The highest BCUT2D eigenvalue weighted by molar-refractivity contribution is 7.95. The van der Waals surface area contributed by atoms with Crippen molar-refractivity contribution in [3.8, 4) is 0 Å². The highest BCUT2D eigenvalue weighted by atomic mass is 31.2. The first-order chi connectivity index (χ1) is 12.1. The Morgan fingerprint density at radius 2 is 1.04 bits per heavy atom. The Kier molecular flexibility index (Phi) is 5.46. The standard InChI is InChI=1S/C23H24OP/c1-19(20(2)24)18-25(21-12-6-3-7-13-21,22-14-8-4-9-15-22)23-16-10-5-11-17-23/h3-17,19H,18H2,1-2H3/q+1. The maximum atomic E-state index is 12.1. The van der Waals surface area contributed by atoms with Gasteiger partial charge in [-0.25, -0.2) is 0 Å². The SMILES string of the molecule is CC(=O)C(C)C[P+](c1ccccc1)(c1ccccc1)c1ccccc1. The lowest BCUT2D eigenvalue weighted by atomic mass is 10.1. The zero-order valence-electron chi connectivity index (χ0n) is 14.8. The Morgan fingerprint density at radius 1 is 0.720 bits per heavy atom. The van der Waals surface area contributed by atoms with Crippen LogP contribution in [0.2, 0.25) is 0 Å². The smallest absolute Gasteiger partial charge is 0.136 e. The van der Waals surface area contributed by atoms with Gasteiger partial charge in [0.2, 0.25) is 0 Å². The number of Topliss-reactive ketones (excluding diaryl/α,β-unsaturated/α-hetero) is 1. The van der Waals surface area contributed by atoms with E-state index in [1.165, 1.54) is 15.9 Å². The summed E-state index contributed by atoms with van der Waals surface area (Å²) in [5.74, 6) is 0.279. The average Bonchev–Trinajstić information content (AvgIpc) is 2.68. The van der Waals surface area contributed by atoms with Crippen LogP contribution in [-0.2, 0) is 4.79 Å². The van der Waals surface area contributed by atoms with Crippen LogP contribution in [0.15, 0.2) is 91.0 Å². The molecule has 126 valence electrons. The summed E-state index contributed by atoms with van der Waals surface area (Å²) >= 11 is 0. The number of rotatable bonds is 6. The molecular formula is C23H24OP+. The Hall–Kier alpha value is -2.24. The molecule has 1 unspecified atom stereocenters. The summed E-state index contributed by atoms with van der Waals surface area (Å²) in [6.07, 6.45) is 0.861. The average molecular weight is 347 g/mol. The number of ketones is 1. The first kappa shape index (κ1) is 17.6. The van der Waals surface area contributed by atoms with E-state index in [9.17, 15) is 4.79 Å². The van der Waals surface area contributed by atoms with Gasteiger partial charge in [-0.05, 0) is 43.3 Å². The van der Waals surface area contributed by atoms with Gasteiger partial charge in [0.05, 0.1) is 6.16 Å². The van der Waals surface area contributed by atoms with E-state index in [1.54, 1.807) is 6.92 Å². The molecule has 0 radical (unpaired) electrons. The molecule has 0 aromatic heterocycles. The van der Waals surface area contributed by atoms with Gasteiger partial charge in [-0.3, -0.25) is 4.79 Å². The number of hydrogen-bond acceptors (Lipinski definition) is 1. The molecule has 0 amide bonds. The molecule has 0 saturated carbocycles. The highest BCUT2D eigenvalue weighted by Crippen LogP contribution is 2.56. The van der Waals surface area contributed by atoms with Gasteiger partial charge in [-0.1, -0.05) is 61.5 Å². The second kappa shape index (κ2) is 7.76. The van der Waals surface area contributed by atoms with Crippen molar-refractivity contribution in [2.45, 2.75) is 13.8 Å². The first-order valence-electron chi connectivity index (χ1n) is 8.70. The summed E-state index contributed by atoms with van der Waals surface area (Å²) in [5.41, 5.74) is 0. The highest BCUT2D eigenvalue weighted by Gasteiger charge is 2.46. The van der Waals surface area contributed by atoms with Gasteiger partial charge in [-0.15, -0.1) is 0 Å². The molecule has 1 atom stereocenters. The monoisotopic (exact) mass is 347 g/mol. The molecule has 3 aromatic rings. The van der Waals surface area contributed by atoms with Crippen molar-refractivity contribution in [3.63, 3.8) is 0 Å². The molecule has 3 rings (SSSR count). The van der Waals surface area contributed by atoms with E-state index < -0.39 is 7.26 Å². The predicted molar refractivity (Wildman–Crippen MR) is 110 cm³/mol. The lowest BCUT2D eigenvalue weighted by molar-refractivity contribution is -0.119. The fraction of sp³-hybridized carbons (Fsp3) is 0.174. The molecule has 0 heterocycles. The van der Waals surface area contributed by atoms with Crippen molar-refractivity contribution < 1.29 is 4.79 Å². The van der Waals surface area contributed by atoms with E-state index in [4.69, 9.17) is 0 Å². The summed E-state index contributed by atoms with van der Waals surface area (Å²) in [7, 11) is -1.88. The van der Waals surface area contributed by atoms with Gasteiger partial charge in [0.1, 0.15) is 29.0 Å². The van der Waals surface area contributed by atoms with Gasteiger partial charge in [0.15, 0.2) is 0 Å². The Labute approximate surface area is 151 Å². The number of hydrogen-bond donors (Lipinski definition) is 0. The maximum Gasteiger partial charge on any atom is 0.136 e. The van der Waals surface area contributed by atoms with E-state index in [2.05, 4.69) is 97.9 Å². The van der Waals surface area contributed by atoms with Crippen molar-refractivity contribution in [3.05, 3.63) is 91.0 Å². The maximum absolute atomic E-state index is 12.1. The lowest BCUT2D eigenvalue weighted by Crippen LogP contribution is -2.36. The van der Waals surface area contributed by atoms with Crippen molar-refractivity contribution in [1.29, 1.82) is 0 Å². The lowest BCUT2D eigenvalue weighted by Gasteiger charge is -2.29. The topological polar surface area (TPSA) is 17.1 Å². The van der Waals surface area contributed by atoms with Crippen LogP contribution in [0.1, 0.15) is 13.8 Å².